The summed E-state index contributed by atoms with van der Waals surface area (Å²) in [5.74, 6) is 0.0389. The zero-order valence-corrected chi connectivity index (χ0v) is 18.2. The first kappa shape index (κ1) is 21.9. The molecular weight excluding hydrogens is 376 g/mol. The highest BCUT2D eigenvalue weighted by Gasteiger charge is 2.32. The molecule has 5 nitrogen and oxygen atoms in total. The Hall–Kier alpha value is -2.82. The molecule has 0 unspecified atom stereocenters. The quantitative estimate of drug-likeness (QED) is 0.605. The van der Waals surface area contributed by atoms with Gasteiger partial charge in [-0.1, -0.05) is 37.3 Å². The SMILES string of the molecule is CCOC(=O)CCCc1ccc(N[C@@H]2C[C@H](C)N(C(=O)CC)c3ccccc32)cc1. The number of hydrogen-bond acceptors (Lipinski definition) is 4. The monoisotopic (exact) mass is 408 g/mol. The van der Waals surface area contributed by atoms with Gasteiger partial charge in [0.2, 0.25) is 5.91 Å². The lowest BCUT2D eigenvalue weighted by Crippen LogP contribution is -2.44. The minimum Gasteiger partial charge on any atom is -0.466 e. The van der Waals surface area contributed by atoms with E-state index in [0.717, 1.165) is 36.2 Å². The summed E-state index contributed by atoms with van der Waals surface area (Å²) in [6.07, 6.45) is 3.48. The number of nitrogens with one attached hydrogen (secondary N) is 1. The van der Waals surface area contributed by atoms with Crippen molar-refractivity contribution in [3.8, 4) is 0 Å². The number of hydrogen-bond donors (Lipinski definition) is 1. The van der Waals surface area contributed by atoms with Gasteiger partial charge in [0.05, 0.1) is 12.6 Å². The molecule has 2 aromatic carbocycles. The van der Waals surface area contributed by atoms with E-state index in [0.29, 0.717) is 19.4 Å². The molecule has 1 heterocycles. The lowest BCUT2D eigenvalue weighted by molar-refractivity contribution is -0.143. The van der Waals surface area contributed by atoms with Crippen LogP contribution in [0, 0.1) is 0 Å². The maximum atomic E-state index is 12.5. The summed E-state index contributed by atoms with van der Waals surface area (Å²) in [6, 6.07) is 16.9. The van der Waals surface area contributed by atoms with Gasteiger partial charge in [-0.2, -0.15) is 0 Å². The summed E-state index contributed by atoms with van der Waals surface area (Å²) in [6.45, 7) is 6.29. The van der Waals surface area contributed by atoms with Gasteiger partial charge in [-0.05, 0) is 62.4 Å². The standard InChI is InChI=1S/C25H32N2O3/c1-4-24(28)27-18(3)17-22(21-10-6-7-11-23(21)27)26-20-15-13-19(14-16-20)9-8-12-25(29)30-5-2/h6-7,10-11,13-16,18,22,26H,4-5,8-9,12,17H2,1-3H3/t18-,22+/m0/s1. The average Bonchev–Trinajstić information content (AvgIpc) is 2.75. The molecule has 0 fully saturated rings. The largest absolute Gasteiger partial charge is 0.466 e. The summed E-state index contributed by atoms with van der Waals surface area (Å²) >= 11 is 0. The van der Waals surface area contributed by atoms with Crippen LogP contribution in [0.15, 0.2) is 48.5 Å². The number of carbonyl (C=O) groups is 2. The van der Waals surface area contributed by atoms with Crippen molar-refractivity contribution in [2.45, 2.75) is 65.0 Å². The molecule has 0 radical (unpaired) electrons. The third-order valence-corrected chi connectivity index (χ3v) is 5.61. The van der Waals surface area contributed by atoms with E-state index in [-0.39, 0.29) is 24.0 Å². The summed E-state index contributed by atoms with van der Waals surface area (Å²) in [5.41, 5.74) is 4.44. The molecule has 2 aromatic rings. The highest BCUT2D eigenvalue weighted by atomic mass is 16.5. The number of nitrogens with zero attached hydrogens (tertiary/aromatic N) is 1. The molecule has 0 spiro atoms. The Balaban J connectivity index is 1.66. The summed E-state index contributed by atoms with van der Waals surface area (Å²) < 4.78 is 4.98. The normalized spacial score (nSPS) is 17.9. The fourth-order valence-electron chi connectivity index (χ4n) is 4.14. The molecule has 30 heavy (non-hydrogen) atoms. The molecule has 0 aliphatic carbocycles. The van der Waals surface area contributed by atoms with Crippen molar-refractivity contribution in [3.63, 3.8) is 0 Å². The second kappa shape index (κ2) is 10.3. The molecular formula is C25H32N2O3. The zero-order chi connectivity index (χ0) is 21.5. The van der Waals surface area contributed by atoms with Gasteiger partial charge >= 0.3 is 5.97 Å². The molecule has 2 atom stereocenters. The van der Waals surface area contributed by atoms with Crippen LogP contribution in [0.4, 0.5) is 11.4 Å². The van der Waals surface area contributed by atoms with Crippen molar-refractivity contribution >= 4 is 23.3 Å². The van der Waals surface area contributed by atoms with E-state index in [1.165, 1.54) is 5.56 Å². The molecule has 160 valence electrons. The highest BCUT2D eigenvalue weighted by molar-refractivity contribution is 5.95. The number of benzene rings is 2. The first-order valence-corrected chi connectivity index (χ1v) is 11.0. The molecule has 1 amide bonds. The van der Waals surface area contributed by atoms with Gasteiger partial charge in [-0.15, -0.1) is 0 Å². The van der Waals surface area contributed by atoms with Gasteiger partial charge < -0.3 is 15.0 Å². The number of fused-ring (bicyclic) bond motifs is 1. The number of esters is 1. The number of rotatable bonds is 8. The topological polar surface area (TPSA) is 58.6 Å². The second-order valence-electron chi connectivity index (χ2n) is 7.81. The predicted molar refractivity (Wildman–Crippen MR) is 121 cm³/mol. The Morgan fingerprint density at radius 3 is 2.53 bits per heavy atom. The van der Waals surface area contributed by atoms with E-state index in [4.69, 9.17) is 4.74 Å². The lowest BCUT2D eigenvalue weighted by Gasteiger charge is -2.40. The Morgan fingerprint density at radius 1 is 1.10 bits per heavy atom. The van der Waals surface area contributed by atoms with Crippen molar-refractivity contribution < 1.29 is 14.3 Å². The van der Waals surface area contributed by atoms with Gasteiger partial charge in [0.1, 0.15) is 0 Å². The highest BCUT2D eigenvalue weighted by Crippen LogP contribution is 2.39. The van der Waals surface area contributed by atoms with Crippen LogP contribution in [0.25, 0.3) is 0 Å². The van der Waals surface area contributed by atoms with Crippen LogP contribution in [0.2, 0.25) is 0 Å². The molecule has 0 bridgehead atoms. The summed E-state index contributed by atoms with van der Waals surface area (Å²) in [4.78, 5) is 25.9. The number of carbonyl (C=O) groups excluding carboxylic acids is 2. The van der Waals surface area contributed by atoms with E-state index < -0.39 is 0 Å². The van der Waals surface area contributed by atoms with Crippen LogP contribution in [0.3, 0.4) is 0 Å². The molecule has 0 saturated heterocycles. The lowest BCUT2D eigenvalue weighted by atomic mass is 9.91. The molecule has 0 saturated carbocycles. The number of para-hydroxylation sites is 1. The molecule has 1 aliphatic rings. The second-order valence-corrected chi connectivity index (χ2v) is 7.81. The summed E-state index contributed by atoms with van der Waals surface area (Å²) in [7, 11) is 0. The van der Waals surface area contributed by atoms with Crippen LogP contribution in [-0.4, -0.2) is 24.5 Å². The predicted octanol–water partition coefficient (Wildman–Crippen LogP) is 5.26. The molecule has 1 N–H and O–H groups in total. The molecule has 1 aliphatic heterocycles. The van der Waals surface area contributed by atoms with E-state index in [2.05, 4.69) is 42.6 Å². The first-order valence-electron chi connectivity index (χ1n) is 11.0. The maximum Gasteiger partial charge on any atom is 0.305 e. The molecule has 0 aromatic heterocycles. The number of amides is 1. The van der Waals surface area contributed by atoms with Crippen molar-refractivity contribution in [2.75, 3.05) is 16.8 Å². The van der Waals surface area contributed by atoms with Crippen LogP contribution in [0.5, 0.6) is 0 Å². The van der Waals surface area contributed by atoms with E-state index in [1.54, 1.807) is 0 Å². The van der Waals surface area contributed by atoms with Crippen LogP contribution < -0.4 is 10.2 Å². The van der Waals surface area contributed by atoms with Crippen LogP contribution in [-0.2, 0) is 20.7 Å². The minimum absolute atomic E-state index is 0.128. The Morgan fingerprint density at radius 2 is 1.83 bits per heavy atom. The van der Waals surface area contributed by atoms with Crippen molar-refractivity contribution in [3.05, 3.63) is 59.7 Å². The van der Waals surface area contributed by atoms with Gasteiger partial charge in [0.25, 0.3) is 0 Å². The minimum atomic E-state index is -0.128. The first-order chi connectivity index (χ1) is 14.5. The smallest absolute Gasteiger partial charge is 0.305 e. The Labute approximate surface area is 179 Å². The number of ether oxygens (including phenoxy) is 1. The molecule has 5 heteroatoms. The molecule has 3 rings (SSSR count). The zero-order valence-electron chi connectivity index (χ0n) is 18.2. The third kappa shape index (κ3) is 5.21. The van der Waals surface area contributed by atoms with E-state index in [9.17, 15) is 9.59 Å². The third-order valence-electron chi connectivity index (χ3n) is 5.61. The Kier molecular flexibility index (Phi) is 7.50. The van der Waals surface area contributed by atoms with Crippen molar-refractivity contribution in [1.29, 1.82) is 0 Å². The van der Waals surface area contributed by atoms with Gasteiger partial charge in [-0.3, -0.25) is 9.59 Å². The van der Waals surface area contributed by atoms with Crippen LogP contribution in [0.1, 0.15) is 63.6 Å². The summed E-state index contributed by atoms with van der Waals surface area (Å²) in [5, 5.41) is 3.65. The fourth-order valence-corrected chi connectivity index (χ4v) is 4.14. The van der Waals surface area contributed by atoms with Gasteiger partial charge in [0, 0.05) is 30.3 Å². The van der Waals surface area contributed by atoms with E-state index in [1.807, 2.05) is 36.9 Å². The van der Waals surface area contributed by atoms with Crippen molar-refractivity contribution in [2.24, 2.45) is 0 Å². The fraction of sp³-hybridized carbons (Fsp3) is 0.440. The Bertz CT molecular complexity index is 863. The maximum absolute atomic E-state index is 12.5. The number of anilines is 2. The van der Waals surface area contributed by atoms with E-state index >= 15 is 0 Å². The average molecular weight is 409 g/mol. The number of aryl methyl sites for hydroxylation is 1. The van der Waals surface area contributed by atoms with Crippen LogP contribution >= 0.6 is 0 Å². The van der Waals surface area contributed by atoms with Gasteiger partial charge in [0.15, 0.2) is 0 Å². The van der Waals surface area contributed by atoms with Crippen molar-refractivity contribution in [1.82, 2.24) is 0 Å². The van der Waals surface area contributed by atoms with Gasteiger partial charge in [-0.25, -0.2) is 0 Å².